The van der Waals surface area contributed by atoms with Gasteiger partial charge in [0, 0.05) is 12.1 Å². The van der Waals surface area contributed by atoms with Gasteiger partial charge in [0.1, 0.15) is 5.82 Å². The summed E-state index contributed by atoms with van der Waals surface area (Å²) in [4.78, 5) is 3.97. The van der Waals surface area contributed by atoms with Crippen LogP contribution in [0.3, 0.4) is 0 Å². The Balaban J connectivity index is 2.93. The molecule has 0 aromatic carbocycles. The lowest BCUT2D eigenvalue weighted by atomic mass is 10.0. The van der Waals surface area contributed by atoms with Crippen molar-refractivity contribution in [3.8, 4) is 0 Å². The highest BCUT2D eigenvalue weighted by molar-refractivity contribution is 5.10. The van der Waals surface area contributed by atoms with E-state index in [1.54, 1.807) is 12.3 Å². The minimum absolute atomic E-state index is 0.193. The molecule has 0 saturated heterocycles. The van der Waals surface area contributed by atoms with Crippen LogP contribution in [0.4, 0.5) is 4.39 Å². The fourth-order valence-corrected chi connectivity index (χ4v) is 0.954. The number of aromatic nitrogens is 1. The van der Waals surface area contributed by atoms with Crippen molar-refractivity contribution < 1.29 is 4.39 Å². The van der Waals surface area contributed by atoms with Crippen molar-refractivity contribution in [1.29, 1.82) is 0 Å². The molecule has 11 heavy (non-hydrogen) atoms. The molecule has 1 atom stereocenters. The number of rotatable bonds is 2. The predicted molar refractivity (Wildman–Crippen MR) is 42.9 cm³/mol. The average molecular weight is 153 g/mol. The largest absolute Gasteiger partial charge is 0.258 e. The van der Waals surface area contributed by atoms with Crippen molar-refractivity contribution in [3.05, 3.63) is 29.8 Å². The maximum Gasteiger partial charge on any atom is 0.144 e. The summed E-state index contributed by atoms with van der Waals surface area (Å²) in [6, 6.07) is 3.07. The number of halogens is 1. The maximum absolute atomic E-state index is 13.0. The highest BCUT2D eigenvalue weighted by atomic mass is 19.1. The Kier molecular flexibility index (Phi) is 2.58. The lowest BCUT2D eigenvalue weighted by molar-refractivity contribution is 0.568. The molecule has 0 N–H and O–H groups in total. The van der Waals surface area contributed by atoms with Gasteiger partial charge in [-0.25, -0.2) is 4.39 Å². The minimum Gasteiger partial charge on any atom is -0.258 e. The van der Waals surface area contributed by atoms with E-state index in [2.05, 4.69) is 4.98 Å². The second-order valence-electron chi connectivity index (χ2n) is 2.68. The van der Waals surface area contributed by atoms with E-state index < -0.39 is 0 Å². The first kappa shape index (κ1) is 8.18. The quantitative estimate of drug-likeness (QED) is 0.636. The van der Waals surface area contributed by atoms with E-state index in [-0.39, 0.29) is 11.7 Å². The topological polar surface area (TPSA) is 12.9 Å². The molecule has 1 nitrogen and oxygen atoms in total. The summed E-state index contributed by atoms with van der Waals surface area (Å²) in [6.45, 7) is 4.00. The molecule has 1 rings (SSSR count). The van der Waals surface area contributed by atoms with Gasteiger partial charge in [-0.2, -0.15) is 0 Å². The molecule has 0 saturated carbocycles. The molecule has 1 aromatic heterocycles. The SMILES string of the molecule is CCC(C)c1ncccc1F. The van der Waals surface area contributed by atoms with Crippen LogP contribution >= 0.6 is 0 Å². The summed E-state index contributed by atoms with van der Waals surface area (Å²) in [5, 5.41) is 0. The summed E-state index contributed by atoms with van der Waals surface area (Å²) < 4.78 is 13.0. The summed E-state index contributed by atoms with van der Waals surface area (Å²) in [5.41, 5.74) is 0.579. The number of hydrogen-bond donors (Lipinski definition) is 0. The maximum atomic E-state index is 13.0. The van der Waals surface area contributed by atoms with Gasteiger partial charge in [-0.05, 0) is 18.6 Å². The van der Waals surface area contributed by atoms with Gasteiger partial charge in [0.2, 0.25) is 0 Å². The molecule has 0 aliphatic carbocycles. The highest BCUT2D eigenvalue weighted by Crippen LogP contribution is 2.18. The van der Waals surface area contributed by atoms with Crippen LogP contribution in [0.15, 0.2) is 18.3 Å². The van der Waals surface area contributed by atoms with E-state index in [9.17, 15) is 4.39 Å². The third-order valence-corrected chi connectivity index (χ3v) is 1.87. The third kappa shape index (κ3) is 1.76. The third-order valence-electron chi connectivity index (χ3n) is 1.87. The Morgan fingerprint density at radius 1 is 1.64 bits per heavy atom. The van der Waals surface area contributed by atoms with Crippen LogP contribution in [-0.2, 0) is 0 Å². The van der Waals surface area contributed by atoms with Crippen molar-refractivity contribution in [3.63, 3.8) is 0 Å². The summed E-state index contributed by atoms with van der Waals surface area (Å²) in [5.74, 6) is 0.0260. The molecular weight excluding hydrogens is 141 g/mol. The van der Waals surface area contributed by atoms with Gasteiger partial charge in [0.25, 0.3) is 0 Å². The van der Waals surface area contributed by atoms with Crippen LogP contribution in [0.5, 0.6) is 0 Å². The molecule has 0 bridgehead atoms. The molecule has 0 radical (unpaired) electrons. The molecule has 0 amide bonds. The zero-order valence-corrected chi connectivity index (χ0v) is 6.84. The van der Waals surface area contributed by atoms with Gasteiger partial charge in [0.05, 0.1) is 5.69 Å². The minimum atomic E-state index is -0.193. The average Bonchev–Trinajstić information content (AvgIpc) is 2.04. The van der Waals surface area contributed by atoms with E-state index in [0.29, 0.717) is 5.69 Å². The van der Waals surface area contributed by atoms with Gasteiger partial charge in [-0.15, -0.1) is 0 Å². The van der Waals surface area contributed by atoms with Crippen LogP contribution in [0.25, 0.3) is 0 Å². The van der Waals surface area contributed by atoms with Crippen LogP contribution in [0.2, 0.25) is 0 Å². The second kappa shape index (κ2) is 3.46. The molecule has 1 heterocycles. The summed E-state index contributed by atoms with van der Waals surface area (Å²) in [7, 11) is 0. The van der Waals surface area contributed by atoms with Gasteiger partial charge in [-0.3, -0.25) is 4.98 Å². The zero-order chi connectivity index (χ0) is 8.27. The zero-order valence-electron chi connectivity index (χ0n) is 6.84. The van der Waals surface area contributed by atoms with Gasteiger partial charge < -0.3 is 0 Å². The number of pyridine rings is 1. The molecule has 60 valence electrons. The fraction of sp³-hybridized carbons (Fsp3) is 0.444. The Hall–Kier alpha value is -0.920. The van der Waals surface area contributed by atoms with Crippen molar-refractivity contribution in [1.82, 2.24) is 4.98 Å². The standard InChI is InChI=1S/C9H12FN/c1-3-7(2)9-8(10)5-4-6-11-9/h4-7H,3H2,1-2H3. The van der Waals surface area contributed by atoms with E-state index in [0.717, 1.165) is 6.42 Å². The molecule has 0 aliphatic rings. The second-order valence-corrected chi connectivity index (χ2v) is 2.68. The normalized spacial score (nSPS) is 13.0. The van der Waals surface area contributed by atoms with Gasteiger partial charge in [-0.1, -0.05) is 13.8 Å². The lowest BCUT2D eigenvalue weighted by Gasteiger charge is -2.07. The first-order chi connectivity index (χ1) is 5.25. The van der Waals surface area contributed by atoms with Crippen molar-refractivity contribution in [2.45, 2.75) is 26.2 Å². The molecule has 0 spiro atoms. The summed E-state index contributed by atoms with van der Waals surface area (Å²) >= 11 is 0. The Morgan fingerprint density at radius 2 is 2.36 bits per heavy atom. The number of hydrogen-bond acceptors (Lipinski definition) is 1. The lowest BCUT2D eigenvalue weighted by Crippen LogP contribution is -1.98. The van der Waals surface area contributed by atoms with Gasteiger partial charge in [0.15, 0.2) is 0 Å². The van der Waals surface area contributed by atoms with E-state index >= 15 is 0 Å². The Morgan fingerprint density at radius 3 is 2.91 bits per heavy atom. The molecular formula is C9H12FN. The van der Waals surface area contributed by atoms with Crippen LogP contribution in [-0.4, -0.2) is 4.98 Å². The molecule has 1 unspecified atom stereocenters. The first-order valence-electron chi connectivity index (χ1n) is 3.86. The van der Waals surface area contributed by atoms with E-state index in [1.165, 1.54) is 6.07 Å². The van der Waals surface area contributed by atoms with E-state index in [1.807, 2.05) is 13.8 Å². The van der Waals surface area contributed by atoms with E-state index in [4.69, 9.17) is 0 Å². The van der Waals surface area contributed by atoms with Crippen molar-refractivity contribution in [2.75, 3.05) is 0 Å². The molecule has 0 fully saturated rings. The van der Waals surface area contributed by atoms with Crippen molar-refractivity contribution in [2.24, 2.45) is 0 Å². The van der Waals surface area contributed by atoms with Gasteiger partial charge >= 0.3 is 0 Å². The van der Waals surface area contributed by atoms with Crippen molar-refractivity contribution >= 4 is 0 Å². The van der Waals surface area contributed by atoms with Crippen LogP contribution in [0.1, 0.15) is 31.9 Å². The molecule has 0 aliphatic heterocycles. The fourth-order valence-electron chi connectivity index (χ4n) is 0.954. The first-order valence-corrected chi connectivity index (χ1v) is 3.86. The van der Waals surface area contributed by atoms with Crippen LogP contribution in [0, 0.1) is 5.82 Å². The highest BCUT2D eigenvalue weighted by Gasteiger charge is 2.08. The monoisotopic (exact) mass is 153 g/mol. The number of nitrogens with zero attached hydrogens (tertiary/aromatic N) is 1. The smallest absolute Gasteiger partial charge is 0.144 e. The Bertz CT molecular complexity index is 235. The summed E-state index contributed by atoms with van der Waals surface area (Å²) in [6.07, 6.45) is 2.55. The Labute approximate surface area is 66.3 Å². The molecule has 2 heteroatoms. The predicted octanol–water partition coefficient (Wildman–Crippen LogP) is 2.73. The molecule has 1 aromatic rings. The van der Waals surface area contributed by atoms with Crippen LogP contribution < -0.4 is 0 Å².